The largest absolute Gasteiger partial charge is 0.304 e. The zero-order valence-corrected chi connectivity index (χ0v) is 17.8. The number of piperazine rings is 1. The van der Waals surface area contributed by atoms with Crippen molar-refractivity contribution in [2.24, 2.45) is 5.92 Å². The third-order valence-electron chi connectivity index (χ3n) is 5.53. The van der Waals surface area contributed by atoms with Crippen LogP contribution in [0.1, 0.15) is 13.8 Å². The van der Waals surface area contributed by atoms with Gasteiger partial charge in [0.1, 0.15) is 0 Å². The molecule has 1 N–H and O–H groups in total. The SMILES string of the molecule is CC(C)C(CNS(=O)(=O)c1ccc(-c2ccccc2)cc1)N1CCN(C)CC1. The number of nitrogens with one attached hydrogen (secondary N) is 1. The molecule has 1 aliphatic rings. The van der Waals surface area contributed by atoms with Crippen LogP contribution in [-0.2, 0) is 10.0 Å². The van der Waals surface area contributed by atoms with Gasteiger partial charge in [-0.15, -0.1) is 0 Å². The van der Waals surface area contributed by atoms with E-state index in [1.54, 1.807) is 12.1 Å². The predicted molar refractivity (Wildman–Crippen MR) is 115 cm³/mol. The van der Waals surface area contributed by atoms with Gasteiger partial charge in [-0.2, -0.15) is 0 Å². The lowest BCUT2D eigenvalue weighted by Gasteiger charge is -2.39. The van der Waals surface area contributed by atoms with Gasteiger partial charge in [-0.1, -0.05) is 56.3 Å². The lowest BCUT2D eigenvalue weighted by Crippen LogP contribution is -2.54. The average molecular weight is 402 g/mol. The average Bonchev–Trinajstić information content (AvgIpc) is 2.70. The Bertz CT molecular complexity index is 843. The molecule has 0 amide bonds. The molecule has 6 heteroatoms. The molecular formula is C22H31N3O2S. The van der Waals surface area contributed by atoms with Gasteiger partial charge in [0, 0.05) is 38.8 Å². The maximum Gasteiger partial charge on any atom is 0.240 e. The number of nitrogens with zero attached hydrogens (tertiary/aromatic N) is 2. The lowest BCUT2D eigenvalue weighted by atomic mass is 10.0. The van der Waals surface area contributed by atoms with Crippen LogP contribution in [0.15, 0.2) is 59.5 Å². The van der Waals surface area contributed by atoms with Crippen molar-refractivity contribution in [2.45, 2.75) is 24.8 Å². The van der Waals surface area contributed by atoms with E-state index in [-0.39, 0.29) is 6.04 Å². The Morgan fingerprint density at radius 2 is 1.46 bits per heavy atom. The highest BCUT2D eigenvalue weighted by atomic mass is 32.2. The van der Waals surface area contributed by atoms with Gasteiger partial charge in [0.2, 0.25) is 10.0 Å². The third-order valence-corrected chi connectivity index (χ3v) is 6.97. The van der Waals surface area contributed by atoms with Gasteiger partial charge in [-0.25, -0.2) is 13.1 Å². The first-order valence-corrected chi connectivity index (χ1v) is 11.4. The molecule has 0 saturated carbocycles. The van der Waals surface area contributed by atoms with E-state index in [0.29, 0.717) is 17.4 Å². The molecule has 2 aromatic carbocycles. The monoisotopic (exact) mass is 401 g/mol. The van der Waals surface area contributed by atoms with E-state index in [1.807, 2.05) is 42.5 Å². The first-order chi connectivity index (χ1) is 13.4. The minimum absolute atomic E-state index is 0.201. The summed E-state index contributed by atoms with van der Waals surface area (Å²) in [7, 11) is -1.40. The van der Waals surface area contributed by atoms with Gasteiger partial charge in [0.15, 0.2) is 0 Å². The van der Waals surface area contributed by atoms with Crippen molar-refractivity contribution in [3.63, 3.8) is 0 Å². The van der Waals surface area contributed by atoms with Crippen molar-refractivity contribution in [2.75, 3.05) is 39.8 Å². The van der Waals surface area contributed by atoms with Crippen LogP contribution in [0.3, 0.4) is 0 Å². The fourth-order valence-electron chi connectivity index (χ4n) is 3.68. The number of rotatable bonds is 7. The summed E-state index contributed by atoms with van der Waals surface area (Å²) in [6, 6.07) is 17.3. The van der Waals surface area contributed by atoms with Gasteiger partial charge in [0.05, 0.1) is 4.90 Å². The van der Waals surface area contributed by atoms with Crippen molar-refractivity contribution in [1.82, 2.24) is 14.5 Å². The molecule has 0 radical (unpaired) electrons. The normalized spacial score (nSPS) is 17.7. The second-order valence-corrected chi connectivity index (χ2v) is 9.66. The summed E-state index contributed by atoms with van der Waals surface area (Å²) >= 11 is 0. The summed E-state index contributed by atoms with van der Waals surface area (Å²) in [5.41, 5.74) is 2.09. The molecule has 3 rings (SSSR count). The Morgan fingerprint density at radius 3 is 2.04 bits per heavy atom. The maximum absolute atomic E-state index is 12.8. The summed E-state index contributed by atoms with van der Waals surface area (Å²) in [6.07, 6.45) is 0. The molecule has 5 nitrogen and oxygen atoms in total. The van der Waals surface area contributed by atoms with Gasteiger partial charge in [0.25, 0.3) is 0 Å². The van der Waals surface area contributed by atoms with Crippen LogP contribution in [0, 0.1) is 5.92 Å². The minimum atomic E-state index is -3.52. The number of hydrogen-bond donors (Lipinski definition) is 1. The standard InChI is InChI=1S/C22H31N3O2S/c1-18(2)22(25-15-13-24(3)14-16-25)17-23-28(26,27)21-11-9-20(10-12-21)19-7-5-4-6-8-19/h4-12,18,22-23H,13-17H2,1-3H3. The van der Waals surface area contributed by atoms with Crippen molar-refractivity contribution < 1.29 is 8.42 Å². The summed E-state index contributed by atoms with van der Waals surface area (Å²) in [5.74, 6) is 0.381. The highest BCUT2D eigenvalue weighted by Gasteiger charge is 2.26. The first kappa shape index (κ1) is 21.0. The second kappa shape index (κ2) is 9.18. The Balaban J connectivity index is 1.67. The Labute approximate surface area is 169 Å². The minimum Gasteiger partial charge on any atom is -0.304 e. The quantitative estimate of drug-likeness (QED) is 0.775. The van der Waals surface area contributed by atoms with E-state index >= 15 is 0 Å². The molecule has 0 bridgehead atoms. The van der Waals surface area contributed by atoms with Gasteiger partial charge < -0.3 is 4.90 Å². The van der Waals surface area contributed by atoms with Crippen LogP contribution in [0.25, 0.3) is 11.1 Å². The van der Waals surface area contributed by atoms with E-state index in [1.165, 1.54) is 0 Å². The van der Waals surface area contributed by atoms with Crippen LogP contribution in [0.2, 0.25) is 0 Å². The van der Waals surface area contributed by atoms with Crippen LogP contribution in [0.4, 0.5) is 0 Å². The number of sulfonamides is 1. The summed E-state index contributed by atoms with van der Waals surface area (Å²) < 4.78 is 28.4. The van der Waals surface area contributed by atoms with E-state index in [2.05, 4.69) is 35.4 Å². The van der Waals surface area contributed by atoms with Crippen molar-refractivity contribution in [3.8, 4) is 11.1 Å². The van der Waals surface area contributed by atoms with E-state index in [9.17, 15) is 8.42 Å². The zero-order chi connectivity index (χ0) is 20.1. The molecule has 1 aliphatic heterocycles. The van der Waals surface area contributed by atoms with E-state index in [0.717, 1.165) is 37.3 Å². The van der Waals surface area contributed by atoms with E-state index < -0.39 is 10.0 Å². The second-order valence-electron chi connectivity index (χ2n) is 7.89. The number of benzene rings is 2. The molecule has 0 aromatic heterocycles. The Hall–Kier alpha value is -1.73. The lowest BCUT2D eigenvalue weighted by molar-refractivity contribution is 0.0905. The molecule has 28 heavy (non-hydrogen) atoms. The fraction of sp³-hybridized carbons (Fsp3) is 0.455. The number of hydrogen-bond acceptors (Lipinski definition) is 4. The number of likely N-dealkylation sites (N-methyl/N-ethyl adjacent to an activating group) is 1. The molecule has 1 heterocycles. The molecule has 1 fully saturated rings. The molecule has 152 valence electrons. The highest BCUT2D eigenvalue weighted by Crippen LogP contribution is 2.21. The molecule has 2 aromatic rings. The van der Waals surface area contributed by atoms with E-state index in [4.69, 9.17) is 0 Å². The van der Waals surface area contributed by atoms with Gasteiger partial charge >= 0.3 is 0 Å². The summed E-state index contributed by atoms with van der Waals surface area (Å²) in [6.45, 7) is 8.76. The smallest absolute Gasteiger partial charge is 0.240 e. The summed E-state index contributed by atoms with van der Waals surface area (Å²) in [5, 5.41) is 0. The Morgan fingerprint density at radius 1 is 0.893 bits per heavy atom. The first-order valence-electron chi connectivity index (χ1n) is 9.94. The molecule has 1 unspecified atom stereocenters. The van der Waals surface area contributed by atoms with Gasteiger partial charge in [-0.3, -0.25) is 4.90 Å². The summed E-state index contributed by atoms with van der Waals surface area (Å²) in [4.78, 5) is 5.03. The van der Waals surface area contributed by atoms with Gasteiger partial charge in [-0.05, 0) is 36.2 Å². The van der Waals surface area contributed by atoms with Crippen molar-refractivity contribution >= 4 is 10.0 Å². The molecule has 1 saturated heterocycles. The Kier molecular flexibility index (Phi) is 6.88. The predicted octanol–water partition coefficient (Wildman–Crippen LogP) is 2.90. The topological polar surface area (TPSA) is 52.7 Å². The molecule has 1 atom stereocenters. The van der Waals surface area contributed by atoms with Crippen LogP contribution in [0.5, 0.6) is 0 Å². The third kappa shape index (κ3) is 5.20. The zero-order valence-electron chi connectivity index (χ0n) is 17.0. The fourth-order valence-corrected chi connectivity index (χ4v) is 4.73. The molecular weight excluding hydrogens is 370 g/mol. The van der Waals surface area contributed by atoms with Crippen LogP contribution < -0.4 is 4.72 Å². The van der Waals surface area contributed by atoms with Crippen molar-refractivity contribution in [1.29, 1.82) is 0 Å². The van der Waals surface area contributed by atoms with Crippen LogP contribution >= 0.6 is 0 Å². The van der Waals surface area contributed by atoms with Crippen LogP contribution in [-0.4, -0.2) is 64.0 Å². The maximum atomic E-state index is 12.8. The van der Waals surface area contributed by atoms with Crippen molar-refractivity contribution in [3.05, 3.63) is 54.6 Å². The molecule has 0 spiro atoms. The molecule has 0 aliphatic carbocycles. The highest BCUT2D eigenvalue weighted by molar-refractivity contribution is 7.89.